The van der Waals surface area contributed by atoms with Gasteiger partial charge in [-0.2, -0.15) is 13.2 Å². The van der Waals surface area contributed by atoms with E-state index in [1.54, 1.807) is 0 Å². The van der Waals surface area contributed by atoms with Gasteiger partial charge in [0.25, 0.3) is 0 Å². The molecule has 0 spiro atoms. The highest BCUT2D eigenvalue weighted by molar-refractivity contribution is 4.69. The van der Waals surface area contributed by atoms with Gasteiger partial charge < -0.3 is 10.6 Å². The van der Waals surface area contributed by atoms with Crippen LogP contribution in [0.2, 0.25) is 0 Å². The maximum Gasteiger partial charge on any atom is 0.389 e. The Morgan fingerprint density at radius 3 is 2.65 bits per heavy atom. The molecule has 2 N–H and O–H groups in total. The molecule has 0 aromatic heterocycles. The summed E-state index contributed by atoms with van der Waals surface area (Å²) in [5, 5.41) is 6.58. The van der Waals surface area contributed by atoms with Crippen molar-refractivity contribution in [3.8, 4) is 0 Å². The minimum atomic E-state index is -3.99. The lowest BCUT2D eigenvalue weighted by Gasteiger charge is -2.22. The van der Waals surface area contributed by atoms with Crippen LogP contribution in [-0.2, 0) is 0 Å². The summed E-state index contributed by atoms with van der Waals surface area (Å²) in [6, 6.07) is 0. The van der Waals surface area contributed by atoms with Crippen LogP contribution in [-0.4, -0.2) is 32.4 Å². The van der Waals surface area contributed by atoms with Gasteiger partial charge in [-0.15, -0.1) is 0 Å². The molecule has 1 atom stereocenters. The standard InChI is InChI=1S/C12H23F3N2/c13-12(14,15)6-1-2-7-16-9-5-11-4-3-8-17-10-11/h11,16-17H,1-10H2. The average molecular weight is 252 g/mol. The zero-order valence-corrected chi connectivity index (χ0v) is 10.3. The molecular weight excluding hydrogens is 229 g/mol. The van der Waals surface area contributed by atoms with E-state index < -0.39 is 12.6 Å². The Hall–Kier alpha value is -0.290. The van der Waals surface area contributed by atoms with Crippen LogP contribution in [0.15, 0.2) is 0 Å². The van der Waals surface area contributed by atoms with Gasteiger partial charge in [0.1, 0.15) is 0 Å². The molecule has 1 aliphatic rings. The molecule has 0 saturated carbocycles. The lowest BCUT2D eigenvalue weighted by atomic mass is 9.96. The van der Waals surface area contributed by atoms with E-state index in [9.17, 15) is 13.2 Å². The Morgan fingerprint density at radius 1 is 1.18 bits per heavy atom. The average Bonchev–Trinajstić information content (AvgIpc) is 2.28. The van der Waals surface area contributed by atoms with Crippen LogP contribution in [0.5, 0.6) is 0 Å². The van der Waals surface area contributed by atoms with Gasteiger partial charge in [-0.05, 0) is 64.2 Å². The minimum absolute atomic E-state index is 0.238. The van der Waals surface area contributed by atoms with E-state index in [0.717, 1.165) is 32.0 Å². The lowest BCUT2D eigenvalue weighted by Crippen LogP contribution is -2.32. The van der Waals surface area contributed by atoms with E-state index in [4.69, 9.17) is 0 Å². The molecule has 1 saturated heterocycles. The highest BCUT2D eigenvalue weighted by atomic mass is 19.4. The van der Waals surface area contributed by atoms with Gasteiger partial charge in [0.05, 0.1) is 0 Å². The van der Waals surface area contributed by atoms with Crippen molar-refractivity contribution in [1.29, 1.82) is 0 Å². The maximum atomic E-state index is 11.8. The number of hydrogen-bond acceptors (Lipinski definition) is 2. The van der Waals surface area contributed by atoms with E-state index in [1.165, 1.54) is 12.8 Å². The van der Waals surface area contributed by atoms with Crippen molar-refractivity contribution in [1.82, 2.24) is 10.6 Å². The Kier molecular flexibility index (Phi) is 6.89. The fourth-order valence-electron chi connectivity index (χ4n) is 2.18. The first-order valence-electron chi connectivity index (χ1n) is 6.56. The topological polar surface area (TPSA) is 24.1 Å². The second-order valence-electron chi connectivity index (χ2n) is 4.82. The summed E-state index contributed by atoms with van der Waals surface area (Å²) in [6.45, 7) is 3.85. The third-order valence-electron chi connectivity index (χ3n) is 3.19. The molecule has 0 amide bonds. The second kappa shape index (κ2) is 7.93. The van der Waals surface area contributed by atoms with E-state index in [-0.39, 0.29) is 6.42 Å². The van der Waals surface area contributed by atoms with Crippen LogP contribution in [0.25, 0.3) is 0 Å². The predicted molar refractivity (Wildman–Crippen MR) is 63.0 cm³/mol. The first-order valence-corrected chi connectivity index (χ1v) is 6.56. The molecule has 0 aromatic rings. The van der Waals surface area contributed by atoms with Crippen LogP contribution in [0, 0.1) is 5.92 Å². The molecule has 5 heteroatoms. The number of rotatable bonds is 7. The SMILES string of the molecule is FC(F)(F)CCCCNCCC1CCCNC1. The Labute approximate surface area is 101 Å². The fraction of sp³-hybridized carbons (Fsp3) is 1.00. The van der Waals surface area contributed by atoms with Gasteiger partial charge in [0, 0.05) is 6.42 Å². The Bertz CT molecular complexity index is 189. The predicted octanol–water partition coefficient (Wildman–Crippen LogP) is 2.70. The van der Waals surface area contributed by atoms with Gasteiger partial charge in [0.2, 0.25) is 0 Å². The number of hydrogen-bond donors (Lipinski definition) is 2. The molecule has 0 bridgehead atoms. The Morgan fingerprint density at radius 2 is 2.00 bits per heavy atom. The molecule has 1 heterocycles. The molecule has 0 radical (unpaired) electrons. The summed E-state index contributed by atoms with van der Waals surface area (Å²) < 4.78 is 35.5. The van der Waals surface area contributed by atoms with Crippen LogP contribution in [0.4, 0.5) is 13.2 Å². The number of unbranched alkanes of at least 4 members (excludes halogenated alkanes) is 1. The molecule has 2 nitrogen and oxygen atoms in total. The number of halogens is 3. The molecule has 1 aliphatic heterocycles. The minimum Gasteiger partial charge on any atom is -0.317 e. The second-order valence-corrected chi connectivity index (χ2v) is 4.82. The zero-order chi connectivity index (χ0) is 12.6. The van der Waals surface area contributed by atoms with Crippen LogP contribution in [0.1, 0.15) is 38.5 Å². The van der Waals surface area contributed by atoms with Crippen molar-refractivity contribution < 1.29 is 13.2 Å². The van der Waals surface area contributed by atoms with Gasteiger partial charge in [-0.1, -0.05) is 0 Å². The van der Waals surface area contributed by atoms with Gasteiger partial charge in [0.15, 0.2) is 0 Å². The summed E-state index contributed by atoms with van der Waals surface area (Å²) in [5.41, 5.74) is 0. The van der Waals surface area contributed by atoms with Crippen molar-refractivity contribution in [3.63, 3.8) is 0 Å². The van der Waals surface area contributed by atoms with E-state index in [2.05, 4.69) is 10.6 Å². The first-order chi connectivity index (χ1) is 8.08. The molecule has 1 rings (SSSR count). The molecule has 17 heavy (non-hydrogen) atoms. The summed E-state index contributed by atoms with van der Waals surface area (Å²) in [7, 11) is 0. The van der Waals surface area contributed by atoms with Crippen molar-refractivity contribution in [3.05, 3.63) is 0 Å². The monoisotopic (exact) mass is 252 g/mol. The number of piperidine rings is 1. The van der Waals surface area contributed by atoms with Crippen LogP contribution >= 0.6 is 0 Å². The van der Waals surface area contributed by atoms with Crippen molar-refractivity contribution in [2.24, 2.45) is 5.92 Å². The summed E-state index contributed by atoms with van der Waals surface area (Å²) >= 11 is 0. The zero-order valence-electron chi connectivity index (χ0n) is 10.3. The third kappa shape index (κ3) is 8.44. The quantitative estimate of drug-likeness (QED) is 0.681. The highest BCUT2D eigenvalue weighted by Crippen LogP contribution is 2.21. The molecule has 0 aromatic carbocycles. The molecule has 1 unspecified atom stereocenters. The molecular formula is C12H23F3N2. The molecule has 1 fully saturated rings. The van der Waals surface area contributed by atoms with E-state index >= 15 is 0 Å². The number of nitrogens with one attached hydrogen (secondary N) is 2. The Balaban J connectivity index is 1.84. The fourth-order valence-corrected chi connectivity index (χ4v) is 2.18. The molecule has 102 valence electrons. The third-order valence-corrected chi connectivity index (χ3v) is 3.19. The number of alkyl halides is 3. The maximum absolute atomic E-state index is 11.8. The highest BCUT2D eigenvalue weighted by Gasteiger charge is 2.25. The van der Waals surface area contributed by atoms with Crippen molar-refractivity contribution in [2.45, 2.75) is 44.7 Å². The first kappa shape index (κ1) is 14.8. The van der Waals surface area contributed by atoms with E-state index in [1.807, 2.05) is 0 Å². The normalized spacial score (nSPS) is 21.7. The van der Waals surface area contributed by atoms with Crippen molar-refractivity contribution in [2.75, 3.05) is 26.2 Å². The molecule has 0 aliphatic carbocycles. The van der Waals surface area contributed by atoms with E-state index in [0.29, 0.717) is 13.0 Å². The summed E-state index contributed by atoms with van der Waals surface area (Å²) in [6.07, 6.45) is -0.135. The summed E-state index contributed by atoms with van der Waals surface area (Å²) in [5.74, 6) is 0.742. The smallest absolute Gasteiger partial charge is 0.317 e. The van der Waals surface area contributed by atoms with Gasteiger partial charge in [-0.3, -0.25) is 0 Å². The largest absolute Gasteiger partial charge is 0.389 e. The van der Waals surface area contributed by atoms with Crippen molar-refractivity contribution >= 4 is 0 Å². The van der Waals surface area contributed by atoms with Crippen LogP contribution in [0.3, 0.4) is 0 Å². The lowest BCUT2D eigenvalue weighted by molar-refractivity contribution is -0.135. The van der Waals surface area contributed by atoms with Gasteiger partial charge in [-0.25, -0.2) is 0 Å². The summed E-state index contributed by atoms with van der Waals surface area (Å²) in [4.78, 5) is 0. The van der Waals surface area contributed by atoms with Crippen LogP contribution < -0.4 is 10.6 Å². The van der Waals surface area contributed by atoms with Gasteiger partial charge >= 0.3 is 6.18 Å².